The molecule has 0 spiro atoms. The Labute approximate surface area is 150 Å². The van der Waals surface area contributed by atoms with Gasteiger partial charge in [-0.1, -0.05) is 6.07 Å². The largest absolute Gasteiger partial charge is 0.508 e. The molecule has 0 bridgehead atoms. The molecule has 26 heavy (non-hydrogen) atoms. The highest BCUT2D eigenvalue weighted by molar-refractivity contribution is 5.85. The minimum Gasteiger partial charge on any atom is -0.508 e. The molecule has 3 aromatic rings. The third kappa shape index (κ3) is 3.59. The van der Waals surface area contributed by atoms with Gasteiger partial charge in [0.2, 0.25) is 5.91 Å². The van der Waals surface area contributed by atoms with Crippen LogP contribution in [0.2, 0.25) is 0 Å². The van der Waals surface area contributed by atoms with Gasteiger partial charge in [-0.25, -0.2) is 4.79 Å². The van der Waals surface area contributed by atoms with E-state index in [1.165, 1.54) is 0 Å². The van der Waals surface area contributed by atoms with E-state index in [0.29, 0.717) is 29.7 Å². The Morgan fingerprint density at radius 1 is 1.23 bits per heavy atom. The molecule has 0 unspecified atom stereocenters. The maximum atomic E-state index is 12.3. The lowest BCUT2D eigenvalue weighted by molar-refractivity contribution is -0.121. The number of phenolic OH excluding ortho intramolecular Hbond substituents is 1. The van der Waals surface area contributed by atoms with Crippen LogP contribution in [0.1, 0.15) is 28.7 Å². The molecule has 0 saturated heterocycles. The monoisotopic (exact) mass is 352 g/mol. The molecule has 1 aromatic carbocycles. The fourth-order valence-electron chi connectivity index (χ4n) is 2.90. The maximum Gasteiger partial charge on any atom is 0.339 e. The van der Waals surface area contributed by atoms with Crippen LogP contribution in [0, 0.1) is 13.8 Å². The first-order chi connectivity index (χ1) is 12.5. The zero-order chi connectivity index (χ0) is 18.7. The van der Waals surface area contributed by atoms with Gasteiger partial charge in [0.25, 0.3) is 0 Å². The van der Waals surface area contributed by atoms with Crippen LogP contribution >= 0.6 is 0 Å². The Hall–Kier alpha value is -3.15. The van der Waals surface area contributed by atoms with Crippen molar-refractivity contribution in [3.05, 3.63) is 69.3 Å². The van der Waals surface area contributed by atoms with Gasteiger partial charge < -0.3 is 14.8 Å². The third-order valence-electron chi connectivity index (χ3n) is 4.49. The fourth-order valence-corrected chi connectivity index (χ4v) is 2.90. The van der Waals surface area contributed by atoms with Gasteiger partial charge in [0.1, 0.15) is 11.3 Å². The van der Waals surface area contributed by atoms with E-state index in [9.17, 15) is 14.7 Å². The molecule has 0 aliphatic carbocycles. The molecule has 134 valence electrons. The Kier molecular flexibility index (Phi) is 5.02. The molecule has 0 saturated carbocycles. The molecule has 2 heterocycles. The number of carbonyl (C=O) groups is 1. The second-order valence-corrected chi connectivity index (χ2v) is 6.22. The van der Waals surface area contributed by atoms with E-state index in [1.54, 1.807) is 31.5 Å². The van der Waals surface area contributed by atoms with Gasteiger partial charge in [0.05, 0.1) is 0 Å². The van der Waals surface area contributed by atoms with E-state index in [1.807, 2.05) is 19.1 Å². The first kappa shape index (κ1) is 17.7. The van der Waals surface area contributed by atoms with Crippen LogP contribution in [0.25, 0.3) is 11.0 Å². The SMILES string of the molecule is Cc1c(CCC(=O)NCc2cccnc2)c(=O)oc2c(C)c(O)ccc12. The topological polar surface area (TPSA) is 92.4 Å². The van der Waals surface area contributed by atoms with E-state index in [-0.39, 0.29) is 18.1 Å². The van der Waals surface area contributed by atoms with Crippen molar-refractivity contribution in [2.45, 2.75) is 33.2 Å². The number of rotatable bonds is 5. The van der Waals surface area contributed by atoms with Crippen LogP contribution in [0.15, 0.2) is 45.9 Å². The van der Waals surface area contributed by atoms with Crippen LogP contribution < -0.4 is 10.9 Å². The van der Waals surface area contributed by atoms with Gasteiger partial charge in [0, 0.05) is 41.9 Å². The molecule has 1 amide bonds. The number of carbonyl (C=O) groups excluding carboxylic acids is 1. The summed E-state index contributed by atoms with van der Waals surface area (Å²) in [5.41, 5.74) is 2.63. The van der Waals surface area contributed by atoms with Crippen molar-refractivity contribution in [3.8, 4) is 5.75 Å². The van der Waals surface area contributed by atoms with Crippen LogP contribution in [0.3, 0.4) is 0 Å². The van der Waals surface area contributed by atoms with Crippen molar-refractivity contribution in [2.75, 3.05) is 0 Å². The molecular formula is C20H20N2O4. The smallest absolute Gasteiger partial charge is 0.339 e. The highest BCUT2D eigenvalue weighted by Gasteiger charge is 2.15. The summed E-state index contributed by atoms with van der Waals surface area (Å²) in [6.07, 6.45) is 3.85. The first-order valence-electron chi connectivity index (χ1n) is 8.38. The number of aryl methyl sites for hydroxylation is 2. The quantitative estimate of drug-likeness (QED) is 0.689. The standard InChI is InChI=1S/C20H20N2O4/c1-12-15-5-7-17(23)13(2)19(15)26-20(25)16(12)6-8-18(24)22-11-14-4-3-9-21-10-14/h3-5,7,9-10,23H,6,8,11H2,1-2H3,(H,22,24). The van der Waals surface area contributed by atoms with Crippen LogP contribution in [-0.2, 0) is 17.8 Å². The van der Waals surface area contributed by atoms with E-state index < -0.39 is 5.63 Å². The minimum atomic E-state index is -0.469. The fraction of sp³-hybridized carbons (Fsp3) is 0.250. The molecule has 0 fully saturated rings. The summed E-state index contributed by atoms with van der Waals surface area (Å²) in [7, 11) is 0. The number of benzene rings is 1. The predicted molar refractivity (Wildman–Crippen MR) is 98.0 cm³/mol. The Morgan fingerprint density at radius 2 is 2.04 bits per heavy atom. The van der Waals surface area contributed by atoms with Crippen molar-refractivity contribution in [1.82, 2.24) is 10.3 Å². The molecule has 2 aromatic heterocycles. The Morgan fingerprint density at radius 3 is 2.77 bits per heavy atom. The number of pyridine rings is 1. The number of aromatic nitrogens is 1. The van der Waals surface area contributed by atoms with Gasteiger partial charge in [-0.05, 0) is 49.6 Å². The molecule has 6 nitrogen and oxygen atoms in total. The zero-order valence-corrected chi connectivity index (χ0v) is 14.7. The van der Waals surface area contributed by atoms with E-state index in [2.05, 4.69) is 10.3 Å². The van der Waals surface area contributed by atoms with Crippen molar-refractivity contribution < 1.29 is 14.3 Å². The summed E-state index contributed by atoms with van der Waals surface area (Å²) in [6, 6.07) is 7.00. The highest BCUT2D eigenvalue weighted by Crippen LogP contribution is 2.28. The lowest BCUT2D eigenvalue weighted by Crippen LogP contribution is -2.24. The number of amides is 1. The zero-order valence-electron chi connectivity index (χ0n) is 14.7. The highest BCUT2D eigenvalue weighted by atomic mass is 16.4. The van der Waals surface area contributed by atoms with Gasteiger partial charge in [-0.3, -0.25) is 9.78 Å². The molecular weight excluding hydrogens is 332 g/mol. The van der Waals surface area contributed by atoms with Crippen LogP contribution in [-0.4, -0.2) is 16.0 Å². The van der Waals surface area contributed by atoms with Gasteiger partial charge in [-0.2, -0.15) is 0 Å². The number of hydrogen-bond donors (Lipinski definition) is 2. The summed E-state index contributed by atoms with van der Waals surface area (Å²) in [5, 5.41) is 13.4. The Balaban J connectivity index is 1.74. The van der Waals surface area contributed by atoms with Gasteiger partial charge >= 0.3 is 5.63 Å². The van der Waals surface area contributed by atoms with Crippen molar-refractivity contribution in [1.29, 1.82) is 0 Å². The number of nitrogens with zero attached hydrogens (tertiary/aromatic N) is 1. The average Bonchev–Trinajstić information content (AvgIpc) is 2.64. The predicted octanol–water partition coefficient (Wildman–Crippen LogP) is 2.76. The summed E-state index contributed by atoms with van der Waals surface area (Å²) >= 11 is 0. The molecule has 6 heteroatoms. The van der Waals surface area contributed by atoms with Crippen molar-refractivity contribution in [3.63, 3.8) is 0 Å². The number of aromatic hydroxyl groups is 1. The number of nitrogens with one attached hydrogen (secondary N) is 1. The lowest BCUT2D eigenvalue weighted by Gasteiger charge is -2.10. The summed E-state index contributed by atoms with van der Waals surface area (Å²) in [5.74, 6) is -0.0581. The van der Waals surface area contributed by atoms with Crippen molar-refractivity contribution >= 4 is 16.9 Å². The number of phenols is 1. The van der Waals surface area contributed by atoms with E-state index in [0.717, 1.165) is 16.5 Å². The first-order valence-corrected chi connectivity index (χ1v) is 8.38. The minimum absolute atomic E-state index is 0.0857. The van der Waals surface area contributed by atoms with Gasteiger partial charge in [0.15, 0.2) is 0 Å². The van der Waals surface area contributed by atoms with E-state index in [4.69, 9.17) is 4.42 Å². The molecule has 0 aliphatic rings. The third-order valence-corrected chi connectivity index (χ3v) is 4.49. The molecule has 0 radical (unpaired) electrons. The second kappa shape index (κ2) is 7.39. The van der Waals surface area contributed by atoms with Gasteiger partial charge in [-0.15, -0.1) is 0 Å². The van der Waals surface area contributed by atoms with Crippen LogP contribution in [0.4, 0.5) is 0 Å². The number of fused-ring (bicyclic) bond motifs is 1. The van der Waals surface area contributed by atoms with Crippen LogP contribution in [0.5, 0.6) is 5.75 Å². The summed E-state index contributed by atoms with van der Waals surface area (Å²) < 4.78 is 5.39. The Bertz CT molecular complexity index is 1010. The summed E-state index contributed by atoms with van der Waals surface area (Å²) in [4.78, 5) is 28.4. The molecule has 3 rings (SSSR count). The molecule has 2 N–H and O–H groups in total. The summed E-state index contributed by atoms with van der Waals surface area (Å²) in [6.45, 7) is 3.93. The van der Waals surface area contributed by atoms with E-state index >= 15 is 0 Å². The van der Waals surface area contributed by atoms with Crippen molar-refractivity contribution in [2.24, 2.45) is 0 Å². The maximum absolute atomic E-state index is 12.3. The molecule has 0 aliphatic heterocycles. The second-order valence-electron chi connectivity index (χ2n) is 6.22. The normalized spacial score (nSPS) is 10.8. The number of hydrogen-bond acceptors (Lipinski definition) is 5. The lowest BCUT2D eigenvalue weighted by atomic mass is 10.0. The molecule has 0 atom stereocenters. The average molecular weight is 352 g/mol.